The number of hydrogen-bond donors (Lipinski definition) is 1. The second-order valence-electron chi connectivity index (χ2n) is 4.36. The van der Waals surface area contributed by atoms with Gasteiger partial charge in [-0.05, 0) is 37.0 Å². The van der Waals surface area contributed by atoms with Gasteiger partial charge >= 0.3 is 0 Å². The van der Waals surface area contributed by atoms with E-state index < -0.39 is 0 Å². The van der Waals surface area contributed by atoms with Crippen molar-refractivity contribution in [2.24, 2.45) is 5.73 Å². The summed E-state index contributed by atoms with van der Waals surface area (Å²) in [6.07, 6.45) is 3.22. The van der Waals surface area contributed by atoms with E-state index in [-0.39, 0.29) is 0 Å². The maximum absolute atomic E-state index is 5.77. The van der Waals surface area contributed by atoms with Crippen LogP contribution in [-0.4, -0.2) is 25.9 Å². The lowest BCUT2D eigenvalue weighted by atomic mass is 9.90. The maximum atomic E-state index is 5.77. The highest BCUT2D eigenvalue weighted by Crippen LogP contribution is 2.24. The Morgan fingerprint density at radius 3 is 2.50 bits per heavy atom. The van der Waals surface area contributed by atoms with Crippen LogP contribution >= 0.6 is 0 Å². The molecule has 2 rings (SSSR count). The summed E-state index contributed by atoms with van der Waals surface area (Å²) in [5.41, 5.74) is 6.98. The summed E-state index contributed by atoms with van der Waals surface area (Å²) < 4.78 is 10.8. The molecule has 0 aliphatic heterocycles. The molecule has 0 bridgehead atoms. The summed E-state index contributed by atoms with van der Waals surface area (Å²) in [6, 6.07) is 8.56. The molecule has 1 fully saturated rings. The molecule has 0 unspecified atom stereocenters. The number of nitrogens with two attached hydrogens (primary N) is 1. The van der Waals surface area contributed by atoms with Gasteiger partial charge < -0.3 is 15.2 Å². The average molecular weight is 221 g/mol. The first-order valence-corrected chi connectivity index (χ1v) is 5.78. The van der Waals surface area contributed by atoms with Crippen LogP contribution in [0.25, 0.3) is 0 Å². The second kappa shape index (κ2) is 5.32. The minimum atomic E-state index is 0.319. The van der Waals surface area contributed by atoms with Crippen molar-refractivity contribution in [2.75, 3.05) is 13.7 Å². The topological polar surface area (TPSA) is 44.5 Å². The van der Waals surface area contributed by atoms with Crippen LogP contribution in [0.2, 0.25) is 0 Å². The van der Waals surface area contributed by atoms with Gasteiger partial charge in [-0.25, -0.2) is 0 Å². The average Bonchev–Trinajstić information content (AvgIpc) is 2.26. The van der Waals surface area contributed by atoms with E-state index in [9.17, 15) is 0 Å². The molecule has 16 heavy (non-hydrogen) atoms. The number of hydrogen-bond acceptors (Lipinski definition) is 3. The highest BCUT2D eigenvalue weighted by atomic mass is 16.5. The molecule has 0 heterocycles. The van der Waals surface area contributed by atoms with E-state index in [2.05, 4.69) is 12.1 Å². The maximum Gasteiger partial charge on any atom is 0.119 e. The number of benzene rings is 1. The zero-order valence-corrected chi connectivity index (χ0v) is 9.69. The monoisotopic (exact) mass is 221 g/mol. The quantitative estimate of drug-likeness (QED) is 0.823. The normalized spacial score (nSPS) is 23.9. The lowest BCUT2D eigenvalue weighted by Crippen LogP contribution is -2.43. The Labute approximate surface area is 96.5 Å². The lowest BCUT2D eigenvalue weighted by molar-refractivity contribution is 0.101. The molecule has 2 N–H and O–H groups in total. The summed E-state index contributed by atoms with van der Waals surface area (Å²) in [4.78, 5) is 0. The Balaban J connectivity index is 1.82. The lowest BCUT2D eigenvalue weighted by Gasteiger charge is -2.32. The number of methoxy groups -OCH3 is 1. The van der Waals surface area contributed by atoms with E-state index in [1.807, 2.05) is 12.1 Å². The Hall–Kier alpha value is -1.06. The van der Waals surface area contributed by atoms with Gasteiger partial charge in [-0.3, -0.25) is 0 Å². The minimum Gasteiger partial charge on any atom is -0.490 e. The summed E-state index contributed by atoms with van der Waals surface area (Å²) in [7, 11) is 1.72. The minimum absolute atomic E-state index is 0.319. The van der Waals surface area contributed by atoms with Gasteiger partial charge in [-0.2, -0.15) is 0 Å². The standard InChI is InChI=1S/C13H19NO2/c1-15-7-6-10-2-4-12(5-3-10)16-13-8-11(14)9-13/h2-5,11,13H,6-9,14H2,1H3. The summed E-state index contributed by atoms with van der Waals surface area (Å²) in [5, 5.41) is 0. The summed E-state index contributed by atoms with van der Waals surface area (Å²) in [5.74, 6) is 0.943. The molecule has 0 spiro atoms. The Bertz CT molecular complexity index is 317. The van der Waals surface area contributed by atoms with Crippen molar-refractivity contribution in [3.05, 3.63) is 29.8 Å². The smallest absolute Gasteiger partial charge is 0.119 e. The fourth-order valence-electron chi connectivity index (χ4n) is 1.85. The molecule has 1 aromatic rings. The third-order valence-electron chi connectivity index (χ3n) is 2.95. The number of ether oxygens (including phenoxy) is 2. The highest BCUT2D eigenvalue weighted by Gasteiger charge is 2.27. The van der Waals surface area contributed by atoms with Crippen molar-refractivity contribution in [2.45, 2.75) is 31.4 Å². The van der Waals surface area contributed by atoms with Crippen LogP contribution < -0.4 is 10.5 Å². The molecule has 3 nitrogen and oxygen atoms in total. The molecule has 1 saturated carbocycles. The van der Waals surface area contributed by atoms with Gasteiger partial charge in [0, 0.05) is 13.2 Å². The molecule has 0 saturated heterocycles. The van der Waals surface area contributed by atoms with Crippen LogP contribution in [0.5, 0.6) is 5.75 Å². The SMILES string of the molecule is COCCc1ccc(OC2CC(N)C2)cc1. The molecule has 0 aromatic heterocycles. The number of rotatable bonds is 5. The van der Waals surface area contributed by atoms with Gasteiger partial charge in [0.05, 0.1) is 6.61 Å². The van der Waals surface area contributed by atoms with Crippen LogP contribution in [0.3, 0.4) is 0 Å². The predicted molar refractivity (Wildman–Crippen MR) is 63.6 cm³/mol. The van der Waals surface area contributed by atoms with Crippen LogP contribution in [-0.2, 0) is 11.2 Å². The van der Waals surface area contributed by atoms with E-state index in [4.69, 9.17) is 15.2 Å². The van der Waals surface area contributed by atoms with Gasteiger partial charge in [-0.1, -0.05) is 12.1 Å². The molecule has 88 valence electrons. The highest BCUT2D eigenvalue weighted by molar-refractivity contribution is 5.27. The van der Waals surface area contributed by atoms with Crippen molar-refractivity contribution in [1.29, 1.82) is 0 Å². The first-order chi connectivity index (χ1) is 7.78. The molecule has 1 aliphatic rings. The van der Waals surface area contributed by atoms with Crippen molar-refractivity contribution in [3.63, 3.8) is 0 Å². The fraction of sp³-hybridized carbons (Fsp3) is 0.538. The first-order valence-electron chi connectivity index (χ1n) is 5.78. The van der Waals surface area contributed by atoms with Gasteiger partial charge in [0.1, 0.15) is 11.9 Å². The Morgan fingerprint density at radius 1 is 1.25 bits per heavy atom. The molecular formula is C13H19NO2. The zero-order valence-electron chi connectivity index (χ0n) is 9.69. The summed E-state index contributed by atoms with van der Waals surface area (Å²) in [6.45, 7) is 0.762. The van der Waals surface area contributed by atoms with Gasteiger partial charge in [0.2, 0.25) is 0 Å². The van der Waals surface area contributed by atoms with E-state index in [0.29, 0.717) is 12.1 Å². The molecular weight excluding hydrogens is 202 g/mol. The van der Waals surface area contributed by atoms with Gasteiger partial charge in [-0.15, -0.1) is 0 Å². The van der Waals surface area contributed by atoms with Crippen molar-refractivity contribution >= 4 is 0 Å². The van der Waals surface area contributed by atoms with E-state index in [1.165, 1.54) is 5.56 Å². The van der Waals surface area contributed by atoms with Crippen molar-refractivity contribution in [1.82, 2.24) is 0 Å². The third-order valence-corrected chi connectivity index (χ3v) is 2.95. The van der Waals surface area contributed by atoms with E-state index in [1.54, 1.807) is 7.11 Å². The molecule has 0 amide bonds. The van der Waals surface area contributed by atoms with Crippen LogP contribution in [0, 0.1) is 0 Å². The fourth-order valence-corrected chi connectivity index (χ4v) is 1.85. The zero-order chi connectivity index (χ0) is 11.4. The predicted octanol–water partition coefficient (Wildman–Crippen LogP) is 1.74. The van der Waals surface area contributed by atoms with Crippen molar-refractivity contribution < 1.29 is 9.47 Å². The Morgan fingerprint density at radius 2 is 1.94 bits per heavy atom. The van der Waals surface area contributed by atoms with Crippen molar-refractivity contribution in [3.8, 4) is 5.75 Å². The van der Waals surface area contributed by atoms with E-state index >= 15 is 0 Å². The molecule has 3 heteroatoms. The molecule has 1 aliphatic carbocycles. The summed E-state index contributed by atoms with van der Waals surface area (Å²) >= 11 is 0. The Kier molecular flexibility index (Phi) is 3.80. The van der Waals surface area contributed by atoms with Gasteiger partial charge in [0.25, 0.3) is 0 Å². The van der Waals surface area contributed by atoms with Crippen LogP contribution in [0.15, 0.2) is 24.3 Å². The van der Waals surface area contributed by atoms with Crippen LogP contribution in [0.1, 0.15) is 18.4 Å². The van der Waals surface area contributed by atoms with E-state index in [0.717, 1.165) is 31.6 Å². The molecule has 1 aromatic carbocycles. The third kappa shape index (κ3) is 2.97. The largest absolute Gasteiger partial charge is 0.490 e. The second-order valence-corrected chi connectivity index (χ2v) is 4.36. The molecule has 0 radical (unpaired) electrons. The van der Waals surface area contributed by atoms with Gasteiger partial charge in [0.15, 0.2) is 0 Å². The molecule has 0 atom stereocenters. The first kappa shape index (κ1) is 11.4. The van der Waals surface area contributed by atoms with Crippen LogP contribution in [0.4, 0.5) is 0 Å².